The molecule has 1 fully saturated rings. The summed E-state index contributed by atoms with van der Waals surface area (Å²) in [4.78, 5) is 21.4. The number of phenols is 1. The van der Waals surface area contributed by atoms with Gasteiger partial charge in [0.05, 0.1) is 5.69 Å². The van der Waals surface area contributed by atoms with Crippen LogP contribution in [-0.2, 0) is 0 Å². The first-order valence-corrected chi connectivity index (χ1v) is 9.95. The molecule has 1 aromatic heterocycles. The van der Waals surface area contributed by atoms with E-state index in [-0.39, 0.29) is 11.8 Å². The molecular weight excluding hydrogens is 352 g/mol. The number of aromatic nitrogens is 1. The average Bonchev–Trinajstić information content (AvgIpc) is 2.75. The lowest BCUT2D eigenvalue weighted by atomic mass is 9.99. The number of piperidine rings is 1. The Kier molecular flexibility index (Phi) is 5.46. The minimum Gasteiger partial charge on any atom is -0.508 e. The predicted octanol–water partition coefficient (Wildman–Crippen LogP) is 4.10. The average molecular weight is 378 g/mol. The number of carbonyl (C=O) groups is 1. The molecule has 2 N–H and O–H groups in total. The molecule has 6 heteroatoms. The summed E-state index contributed by atoms with van der Waals surface area (Å²) in [7, 11) is 0. The Labute approximate surface area is 165 Å². The van der Waals surface area contributed by atoms with Gasteiger partial charge in [-0.3, -0.25) is 0 Å². The van der Waals surface area contributed by atoms with E-state index in [1.54, 1.807) is 18.3 Å². The van der Waals surface area contributed by atoms with Gasteiger partial charge >= 0.3 is 6.03 Å². The second-order valence-corrected chi connectivity index (χ2v) is 7.32. The lowest BCUT2D eigenvalue weighted by molar-refractivity contribution is 0.217. The zero-order valence-electron chi connectivity index (χ0n) is 16.0. The van der Waals surface area contributed by atoms with Crippen LogP contribution in [0.4, 0.5) is 16.3 Å². The third-order valence-corrected chi connectivity index (χ3v) is 5.42. The van der Waals surface area contributed by atoms with Gasteiger partial charge in [-0.05, 0) is 61.1 Å². The summed E-state index contributed by atoms with van der Waals surface area (Å²) in [5, 5.41) is 12.5. The number of phenolic OH excluding ortho intramolecular Hbond substituents is 1. The Balaban J connectivity index is 1.42. The van der Waals surface area contributed by atoms with Crippen LogP contribution in [0.1, 0.15) is 31.2 Å². The molecule has 146 valence electrons. The summed E-state index contributed by atoms with van der Waals surface area (Å²) in [6.45, 7) is 3.21. The number of benzene rings is 1. The van der Waals surface area contributed by atoms with Gasteiger partial charge < -0.3 is 20.2 Å². The van der Waals surface area contributed by atoms with Crippen LogP contribution in [0, 0.1) is 0 Å². The predicted molar refractivity (Wildman–Crippen MR) is 112 cm³/mol. The molecule has 0 spiro atoms. The molecule has 0 atom stereocenters. The van der Waals surface area contributed by atoms with Gasteiger partial charge in [0.25, 0.3) is 0 Å². The molecule has 2 aliphatic heterocycles. The van der Waals surface area contributed by atoms with Crippen molar-refractivity contribution in [2.45, 2.75) is 25.7 Å². The van der Waals surface area contributed by atoms with Crippen molar-refractivity contribution >= 4 is 23.1 Å². The van der Waals surface area contributed by atoms with Crippen LogP contribution in [0.15, 0.2) is 48.7 Å². The van der Waals surface area contributed by atoms with Crippen molar-refractivity contribution in [2.75, 3.05) is 36.4 Å². The maximum absolute atomic E-state index is 12.8. The van der Waals surface area contributed by atoms with Crippen LogP contribution >= 0.6 is 0 Å². The molecule has 2 aromatic rings. The number of aromatic hydroxyl groups is 1. The molecule has 3 heterocycles. The largest absolute Gasteiger partial charge is 0.508 e. The maximum atomic E-state index is 12.8. The van der Waals surface area contributed by atoms with E-state index in [9.17, 15) is 9.90 Å². The zero-order chi connectivity index (χ0) is 19.3. The van der Waals surface area contributed by atoms with Crippen molar-refractivity contribution in [3.63, 3.8) is 0 Å². The number of amides is 2. The molecule has 2 aliphatic rings. The molecule has 0 saturated carbocycles. The Bertz CT molecular complexity index is 857. The third kappa shape index (κ3) is 4.11. The van der Waals surface area contributed by atoms with E-state index in [4.69, 9.17) is 0 Å². The number of rotatable bonds is 3. The van der Waals surface area contributed by atoms with E-state index in [0.29, 0.717) is 13.1 Å². The van der Waals surface area contributed by atoms with E-state index in [2.05, 4.69) is 21.3 Å². The molecular formula is C22H26N4O2. The van der Waals surface area contributed by atoms with Gasteiger partial charge in [-0.2, -0.15) is 0 Å². The highest BCUT2D eigenvalue weighted by atomic mass is 16.3. The molecule has 1 saturated heterocycles. The lowest BCUT2D eigenvalue weighted by Crippen LogP contribution is -2.38. The summed E-state index contributed by atoms with van der Waals surface area (Å²) in [5.74, 6) is 1.13. The molecule has 0 aliphatic carbocycles. The van der Waals surface area contributed by atoms with Crippen molar-refractivity contribution < 1.29 is 9.90 Å². The SMILES string of the molecule is O=C(Nc1cccnc1N1CCCCC1)N1CC=C(c2ccc(O)cc2)CC1. The molecule has 0 unspecified atom stereocenters. The van der Waals surface area contributed by atoms with Crippen molar-refractivity contribution in [2.24, 2.45) is 0 Å². The fraction of sp³-hybridized carbons (Fsp3) is 0.364. The molecule has 28 heavy (non-hydrogen) atoms. The highest BCUT2D eigenvalue weighted by Gasteiger charge is 2.21. The molecule has 2 amide bonds. The van der Waals surface area contributed by atoms with E-state index < -0.39 is 0 Å². The van der Waals surface area contributed by atoms with Crippen molar-refractivity contribution in [1.29, 1.82) is 0 Å². The number of carbonyl (C=O) groups excluding carboxylic acids is 1. The van der Waals surface area contributed by atoms with E-state index in [1.807, 2.05) is 29.2 Å². The number of nitrogens with one attached hydrogen (secondary N) is 1. The van der Waals surface area contributed by atoms with E-state index >= 15 is 0 Å². The molecule has 0 radical (unpaired) electrons. The molecule has 1 aromatic carbocycles. The minimum absolute atomic E-state index is 0.0905. The second-order valence-electron chi connectivity index (χ2n) is 7.32. The summed E-state index contributed by atoms with van der Waals surface area (Å²) >= 11 is 0. The minimum atomic E-state index is -0.0905. The Morgan fingerprint density at radius 2 is 1.82 bits per heavy atom. The Morgan fingerprint density at radius 1 is 1.04 bits per heavy atom. The highest BCUT2D eigenvalue weighted by molar-refractivity contribution is 5.93. The van der Waals surface area contributed by atoms with Crippen molar-refractivity contribution in [1.82, 2.24) is 9.88 Å². The first-order chi connectivity index (χ1) is 13.7. The lowest BCUT2D eigenvalue weighted by Gasteiger charge is -2.30. The number of pyridine rings is 1. The summed E-state index contributed by atoms with van der Waals surface area (Å²) in [6, 6.07) is 10.9. The molecule has 6 nitrogen and oxygen atoms in total. The number of anilines is 2. The number of hydrogen-bond acceptors (Lipinski definition) is 4. The number of hydrogen-bond donors (Lipinski definition) is 2. The number of urea groups is 1. The summed E-state index contributed by atoms with van der Waals surface area (Å²) < 4.78 is 0. The van der Waals surface area contributed by atoms with Gasteiger partial charge in [0.15, 0.2) is 5.82 Å². The van der Waals surface area contributed by atoms with Gasteiger partial charge in [0.2, 0.25) is 0 Å². The Hall–Kier alpha value is -3.02. The maximum Gasteiger partial charge on any atom is 0.322 e. The fourth-order valence-electron chi connectivity index (χ4n) is 3.84. The quantitative estimate of drug-likeness (QED) is 0.844. The van der Waals surface area contributed by atoms with Crippen LogP contribution in [0.2, 0.25) is 0 Å². The molecule has 0 bridgehead atoms. The summed E-state index contributed by atoms with van der Waals surface area (Å²) in [6.07, 6.45) is 8.26. The monoisotopic (exact) mass is 378 g/mol. The normalized spacial score (nSPS) is 17.2. The van der Waals surface area contributed by atoms with Crippen LogP contribution in [0.3, 0.4) is 0 Å². The smallest absolute Gasteiger partial charge is 0.322 e. The van der Waals surface area contributed by atoms with Crippen LogP contribution in [0.5, 0.6) is 5.75 Å². The van der Waals surface area contributed by atoms with Crippen molar-refractivity contribution in [3.8, 4) is 5.75 Å². The Morgan fingerprint density at radius 3 is 2.54 bits per heavy atom. The van der Waals surface area contributed by atoms with Gasteiger partial charge in [-0.25, -0.2) is 9.78 Å². The zero-order valence-corrected chi connectivity index (χ0v) is 16.0. The first-order valence-electron chi connectivity index (χ1n) is 9.95. The third-order valence-electron chi connectivity index (χ3n) is 5.42. The van der Waals surface area contributed by atoms with Crippen LogP contribution < -0.4 is 10.2 Å². The van der Waals surface area contributed by atoms with Gasteiger partial charge in [-0.15, -0.1) is 0 Å². The molecule has 4 rings (SSSR count). The van der Waals surface area contributed by atoms with Crippen molar-refractivity contribution in [3.05, 3.63) is 54.2 Å². The van der Waals surface area contributed by atoms with Gasteiger partial charge in [0, 0.05) is 32.4 Å². The van der Waals surface area contributed by atoms with Crippen LogP contribution in [-0.4, -0.2) is 47.2 Å². The summed E-state index contributed by atoms with van der Waals surface area (Å²) in [5.41, 5.74) is 3.08. The highest BCUT2D eigenvalue weighted by Crippen LogP contribution is 2.27. The van der Waals surface area contributed by atoms with Crippen LogP contribution in [0.25, 0.3) is 5.57 Å². The standard InChI is InChI=1S/C22H26N4O2/c27-19-8-6-17(7-9-19)18-10-15-26(16-11-18)22(28)24-20-5-4-12-23-21(20)25-13-2-1-3-14-25/h4-10,12,27H,1-3,11,13-16H2,(H,24,28). The topological polar surface area (TPSA) is 68.7 Å². The van der Waals surface area contributed by atoms with Gasteiger partial charge in [0.1, 0.15) is 5.75 Å². The van der Waals surface area contributed by atoms with E-state index in [1.165, 1.54) is 24.8 Å². The van der Waals surface area contributed by atoms with Gasteiger partial charge in [-0.1, -0.05) is 18.2 Å². The fourth-order valence-corrected chi connectivity index (χ4v) is 3.84. The number of nitrogens with zero attached hydrogens (tertiary/aromatic N) is 3. The first kappa shape index (κ1) is 18.3. The van der Waals surface area contributed by atoms with E-state index in [0.717, 1.165) is 36.6 Å². The second kappa shape index (κ2) is 8.33.